The molecule has 0 unspecified atom stereocenters. The van der Waals surface area contributed by atoms with Gasteiger partial charge in [0.1, 0.15) is 0 Å². The molecule has 2 aromatic carbocycles. The molecule has 2 amide bonds. The summed E-state index contributed by atoms with van der Waals surface area (Å²) in [6.45, 7) is 3.36. The van der Waals surface area contributed by atoms with E-state index in [4.69, 9.17) is 11.6 Å². The van der Waals surface area contributed by atoms with Crippen molar-refractivity contribution in [1.29, 1.82) is 0 Å². The van der Waals surface area contributed by atoms with Gasteiger partial charge in [-0.2, -0.15) is 4.31 Å². The van der Waals surface area contributed by atoms with E-state index in [9.17, 15) is 18.0 Å². The van der Waals surface area contributed by atoms with Crippen LogP contribution in [0, 0.1) is 13.8 Å². The number of halogens is 1. The molecule has 0 aliphatic heterocycles. The van der Waals surface area contributed by atoms with Crippen molar-refractivity contribution in [1.82, 2.24) is 9.62 Å². The van der Waals surface area contributed by atoms with Crippen LogP contribution in [-0.4, -0.2) is 44.2 Å². The van der Waals surface area contributed by atoms with Gasteiger partial charge in [-0.05, 0) is 68.1 Å². The van der Waals surface area contributed by atoms with Gasteiger partial charge in [0.05, 0.1) is 22.0 Å². The van der Waals surface area contributed by atoms with Crippen molar-refractivity contribution < 1.29 is 18.0 Å². The topological polar surface area (TPSA) is 95.6 Å². The van der Waals surface area contributed by atoms with Crippen molar-refractivity contribution in [2.45, 2.75) is 56.9 Å². The van der Waals surface area contributed by atoms with Crippen LogP contribution in [-0.2, 0) is 14.8 Å². The number of aryl methyl sites for hydroxylation is 2. The van der Waals surface area contributed by atoms with E-state index in [1.54, 1.807) is 24.3 Å². The summed E-state index contributed by atoms with van der Waals surface area (Å²) in [5, 5.41) is 5.96. The van der Waals surface area contributed by atoms with Crippen LogP contribution < -0.4 is 10.6 Å². The molecule has 0 radical (unpaired) electrons. The summed E-state index contributed by atoms with van der Waals surface area (Å²) in [5.41, 5.74) is 2.49. The summed E-state index contributed by atoms with van der Waals surface area (Å²) in [6, 6.07) is 9.63. The molecule has 3 rings (SSSR count). The highest BCUT2D eigenvalue weighted by Gasteiger charge is 2.24. The molecular formula is C24H30ClN3O4S. The molecular weight excluding hydrogens is 462 g/mol. The number of carbonyl (C=O) groups is 2. The first kappa shape index (κ1) is 25.2. The molecule has 9 heteroatoms. The number of nitrogens with one attached hydrogen (secondary N) is 2. The minimum atomic E-state index is -3.82. The number of sulfonamides is 1. The fraction of sp³-hybridized carbons (Fsp3) is 0.417. The zero-order valence-electron chi connectivity index (χ0n) is 19.2. The van der Waals surface area contributed by atoms with Crippen LogP contribution in [0.4, 0.5) is 5.69 Å². The summed E-state index contributed by atoms with van der Waals surface area (Å²) in [5.74, 6) is -0.802. The Kier molecular flexibility index (Phi) is 8.15. The van der Waals surface area contributed by atoms with E-state index in [0.717, 1.165) is 41.1 Å². The van der Waals surface area contributed by atoms with Gasteiger partial charge in [-0.1, -0.05) is 36.9 Å². The Morgan fingerprint density at radius 1 is 1.03 bits per heavy atom. The van der Waals surface area contributed by atoms with Gasteiger partial charge in [0, 0.05) is 18.8 Å². The van der Waals surface area contributed by atoms with Gasteiger partial charge in [0.15, 0.2) is 0 Å². The normalized spacial score (nSPS) is 14.8. The third-order valence-corrected chi connectivity index (χ3v) is 8.12. The highest BCUT2D eigenvalue weighted by molar-refractivity contribution is 7.89. The quantitative estimate of drug-likeness (QED) is 0.604. The number of nitrogens with zero attached hydrogens (tertiary/aromatic N) is 1. The van der Waals surface area contributed by atoms with Crippen molar-refractivity contribution >= 4 is 39.1 Å². The van der Waals surface area contributed by atoms with Crippen LogP contribution in [0.3, 0.4) is 0 Å². The van der Waals surface area contributed by atoms with Gasteiger partial charge in [0.2, 0.25) is 15.9 Å². The third kappa shape index (κ3) is 6.34. The molecule has 7 nitrogen and oxygen atoms in total. The average molecular weight is 492 g/mol. The minimum Gasteiger partial charge on any atom is -0.349 e. The monoisotopic (exact) mass is 491 g/mol. The van der Waals surface area contributed by atoms with Gasteiger partial charge in [-0.3, -0.25) is 9.59 Å². The van der Waals surface area contributed by atoms with Crippen molar-refractivity contribution in [2.24, 2.45) is 0 Å². The fourth-order valence-corrected chi connectivity index (χ4v) is 5.25. The lowest BCUT2D eigenvalue weighted by molar-refractivity contribution is -0.116. The molecule has 1 saturated carbocycles. The molecule has 178 valence electrons. The lowest BCUT2D eigenvalue weighted by Crippen LogP contribution is -2.36. The highest BCUT2D eigenvalue weighted by Crippen LogP contribution is 2.23. The molecule has 2 aromatic rings. The summed E-state index contributed by atoms with van der Waals surface area (Å²) >= 11 is 6.22. The first-order valence-electron chi connectivity index (χ1n) is 11.0. The molecule has 0 aromatic heterocycles. The second-order valence-electron chi connectivity index (χ2n) is 8.56. The molecule has 2 N–H and O–H groups in total. The van der Waals surface area contributed by atoms with Crippen LogP contribution in [0.2, 0.25) is 5.02 Å². The minimum absolute atomic E-state index is 0.129. The third-order valence-electron chi connectivity index (χ3n) is 5.99. The van der Waals surface area contributed by atoms with E-state index in [1.807, 2.05) is 13.8 Å². The lowest BCUT2D eigenvalue weighted by atomic mass is 9.95. The first-order chi connectivity index (χ1) is 15.6. The molecule has 33 heavy (non-hydrogen) atoms. The number of likely N-dealkylation sites (N-methyl/N-ethyl adjacent to an activating group) is 1. The predicted octanol–water partition coefficient (Wildman–Crippen LogP) is 4.28. The molecule has 1 aliphatic rings. The molecule has 0 bridgehead atoms. The second kappa shape index (κ2) is 10.7. The highest BCUT2D eigenvalue weighted by atomic mass is 35.5. The Morgan fingerprint density at radius 3 is 2.39 bits per heavy atom. The van der Waals surface area contributed by atoms with Crippen LogP contribution in [0.1, 0.15) is 53.6 Å². The lowest BCUT2D eigenvalue weighted by Gasteiger charge is -2.23. The number of anilines is 1. The summed E-state index contributed by atoms with van der Waals surface area (Å²) in [7, 11) is -2.47. The molecule has 0 spiro atoms. The maximum absolute atomic E-state index is 12.8. The summed E-state index contributed by atoms with van der Waals surface area (Å²) in [4.78, 5) is 25.4. The van der Waals surface area contributed by atoms with E-state index in [0.29, 0.717) is 5.69 Å². The van der Waals surface area contributed by atoms with Gasteiger partial charge < -0.3 is 10.6 Å². The SMILES string of the molecule is Cc1ccc(S(=O)(=O)N(C)CC(=O)Nc2ccc(Cl)c(C(=O)NC3CCCCC3)c2)cc1C. The second-order valence-corrected chi connectivity index (χ2v) is 11.0. The van der Waals surface area contributed by atoms with Gasteiger partial charge in [-0.25, -0.2) is 8.42 Å². The van der Waals surface area contributed by atoms with E-state index >= 15 is 0 Å². The van der Waals surface area contributed by atoms with Gasteiger partial charge >= 0.3 is 0 Å². The van der Waals surface area contributed by atoms with E-state index in [1.165, 1.54) is 25.6 Å². The summed E-state index contributed by atoms with van der Waals surface area (Å²) < 4.78 is 26.7. The number of amides is 2. The van der Waals surface area contributed by atoms with E-state index in [2.05, 4.69) is 10.6 Å². The Bertz CT molecular complexity index is 1140. The number of benzene rings is 2. The van der Waals surface area contributed by atoms with Crippen molar-refractivity contribution in [3.05, 3.63) is 58.1 Å². The zero-order valence-corrected chi connectivity index (χ0v) is 20.7. The van der Waals surface area contributed by atoms with Crippen molar-refractivity contribution in [2.75, 3.05) is 18.9 Å². The van der Waals surface area contributed by atoms with Gasteiger partial charge in [-0.15, -0.1) is 0 Å². The standard InChI is InChI=1S/C24H30ClN3O4S/c1-16-9-11-20(13-17(16)2)33(31,32)28(3)15-23(29)26-19-10-12-22(25)21(14-19)24(30)27-18-7-5-4-6-8-18/h9-14,18H,4-8,15H2,1-3H3,(H,26,29)(H,27,30). The van der Waals surface area contributed by atoms with Crippen LogP contribution in [0.25, 0.3) is 0 Å². The van der Waals surface area contributed by atoms with Crippen LogP contribution >= 0.6 is 11.6 Å². The Morgan fingerprint density at radius 2 is 1.73 bits per heavy atom. The van der Waals surface area contributed by atoms with E-state index in [-0.39, 0.29) is 34.0 Å². The van der Waals surface area contributed by atoms with Crippen molar-refractivity contribution in [3.8, 4) is 0 Å². The van der Waals surface area contributed by atoms with Crippen LogP contribution in [0.5, 0.6) is 0 Å². The van der Waals surface area contributed by atoms with Crippen LogP contribution in [0.15, 0.2) is 41.3 Å². The Labute approximate surface area is 200 Å². The molecule has 0 saturated heterocycles. The number of carbonyl (C=O) groups excluding carboxylic acids is 2. The average Bonchev–Trinajstić information content (AvgIpc) is 2.77. The number of hydrogen-bond acceptors (Lipinski definition) is 4. The molecule has 0 atom stereocenters. The van der Waals surface area contributed by atoms with Crippen molar-refractivity contribution in [3.63, 3.8) is 0 Å². The smallest absolute Gasteiger partial charge is 0.253 e. The predicted molar refractivity (Wildman–Crippen MR) is 130 cm³/mol. The fourth-order valence-electron chi connectivity index (χ4n) is 3.83. The summed E-state index contributed by atoms with van der Waals surface area (Å²) in [6.07, 6.45) is 5.26. The largest absolute Gasteiger partial charge is 0.349 e. The Balaban J connectivity index is 1.66. The molecule has 1 fully saturated rings. The maximum atomic E-state index is 12.8. The maximum Gasteiger partial charge on any atom is 0.253 e. The number of hydrogen-bond donors (Lipinski definition) is 2. The zero-order chi connectivity index (χ0) is 24.2. The number of rotatable bonds is 7. The van der Waals surface area contributed by atoms with E-state index < -0.39 is 15.9 Å². The Hall–Kier alpha value is -2.42. The molecule has 0 heterocycles. The molecule has 1 aliphatic carbocycles. The first-order valence-corrected chi connectivity index (χ1v) is 12.8. The van der Waals surface area contributed by atoms with Gasteiger partial charge in [0.25, 0.3) is 5.91 Å².